The van der Waals surface area contributed by atoms with Crippen LogP contribution in [-0.4, -0.2) is 58.4 Å². The van der Waals surface area contributed by atoms with Gasteiger partial charge in [-0.3, -0.25) is 4.79 Å². The van der Waals surface area contributed by atoms with Crippen molar-refractivity contribution in [3.05, 3.63) is 35.9 Å². The summed E-state index contributed by atoms with van der Waals surface area (Å²) in [5.41, 5.74) is 0. The highest BCUT2D eigenvalue weighted by molar-refractivity contribution is 5.85. The largest absolute Gasteiger partial charge is 0.497 e. The Balaban J connectivity index is 0.00000240. The van der Waals surface area contributed by atoms with Crippen molar-refractivity contribution in [2.75, 3.05) is 26.7 Å². The van der Waals surface area contributed by atoms with E-state index in [4.69, 9.17) is 9.47 Å². The van der Waals surface area contributed by atoms with E-state index in [-0.39, 0.29) is 18.3 Å². The van der Waals surface area contributed by atoms with Gasteiger partial charge >= 0.3 is 0 Å². The van der Waals surface area contributed by atoms with Crippen molar-refractivity contribution in [1.29, 1.82) is 0 Å². The molecule has 29 heavy (non-hydrogen) atoms. The second kappa shape index (κ2) is 9.45. The van der Waals surface area contributed by atoms with E-state index in [0.717, 1.165) is 63.0 Å². The lowest BCUT2D eigenvalue weighted by atomic mass is 9.95. The first kappa shape index (κ1) is 21.4. The Morgan fingerprint density at radius 2 is 1.83 bits per heavy atom. The molecule has 1 amide bonds. The quantitative estimate of drug-likeness (QED) is 0.795. The first-order valence-electron chi connectivity index (χ1n) is 9.88. The van der Waals surface area contributed by atoms with Crippen LogP contribution < -0.4 is 14.8 Å². The molecule has 0 saturated carbocycles. The maximum Gasteiger partial charge on any atom is 0.263 e. The Labute approximate surface area is 177 Å². The maximum absolute atomic E-state index is 12.8. The summed E-state index contributed by atoms with van der Waals surface area (Å²) in [6, 6.07) is 7.29. The number of carbonyl (C=O) groups excluding carboxylic acids is 1. The molecule has 0 bridgehead atoms. The van der Waals surface area contributed by atoms with Crippen LogP contribution in [-0.2, 0) is 17.9 Å². The Hall–Kier alpha value is -2.32. The summed E-state index contributed by atoms with van der Waals surface area (Å²) in [5.74, 6) is 3.91. The first-order chi connectivity index (χ1) is 13.7. The number of nitrogens with one attached hydrogen (secondary N) is 1. The average molecular weight is 422 g/mol. The van der Waals surface area contributed by atoms with Gasteiger partial charge in [-0.05, 0) is 44.0 Å². The predicted octanol–water partition coefficient (Wildman–Crippen LogP) is 1.99. The van der Waals surface area contributed by atoms with E-state index in [2.05, 4.69) is 20.1 Å². The van der Waals surface area contributed by atoms with Crippen LogP contribution in [0.4, 0.5) is 0 Å². The Morgan fingerprint density at radius 3 is 2.52 bits per heavy atom. The second-order valence-electron chi connectivity index (χ2n) is 7.34. The van der Waals surface area contributed by atoms with Crippen LogP contribution in [0.3, 0.4) is 0 Å². The topological polar surface area (TPSA) is 81.5 Å². The fourth-order valence-electron chi connectivity index (χ4n) is 3.94. The highest BCUT2D eigenvalue weighted by Crippen LogP contribution is 2.28. The minimum atomic E-state index is -0.517. The molecule has 1 N–H and O–H groups in total. The molecule has 1 unspecified atom stereocenters. The highest BCUT2D eigenvalue weighted by Gasteiger charge is 2.30. The molecule has 8 nitrogen and oxygen atoms in total. The number of halogens is 1. The molecule has 1 aromatic heterocycles. The van der Waals surface area contributed by atoms with E-state index in [9.17, 15) is 4.79 Å². The van der Waals surface area contributed by atoms with E-state index < -0.39 is 6.10 Å². The van der Waals surface area contributed by atoms with Crippen LogP contribution in [0.15, 0.2) is 24.3 Å². The summed E-state index contributed by atoms with van der Waals surface area (Å²) in [6.07, 6.45) is 1.30. The third kappa shape index (κ3) is 4.64. The van der Waals surface area contributed by atoms with Crippen molar-refractivity contribution in [3.8, 4) is 11.5 Å². The molecule has 3 heterocycles. The molecular weight excluding hydrogens is 394 g/mol. The molecule has 9 heteroatoms. The summed E-state index contributed by atoms with van der Waals surface area (Å²) in [4.78, 5) is 14.7. The number of fused-ring (bicyclic) bond motifs is 1. The SMILES string of the molecule is COc1ccc(OC(C)C(=O)N2CCC(c3nnc4n3CCNC4)CC2)cc1.Cl. The van der Waals surface area contributed by atoms with Crippen molar-refractivity contribution in [2.24, 2.45) is 0 Å². The lowest BCUT2D eigenvalue weighted by molar-refractivity contribution is -0.139. The van der Waals surface area contributed by atoms with Crippen LogP contribution in [0.5, 0.6) is 11.5 Å². The minimum absolute atomic E-state index is 0. The zero-order chi connectivity index (χ0) is 19.5. The molecule has 1 aromatic carbocycles. The number of amides is 1. The molecule has 4 rings (SSSR count). The van der Waals surface area contributed by atoms with Gasteiger partial charge in [0.2, 0.25) is 0 Å². The van der Waals surface area contributed by atoms with Crippen LogP contribution in [0.1, 0.15) is 37.3 Å². The number of aromatic nitrogens is 3. The number of rotatable bonds is 5. The third-order valence-corrected chi connectivity index (χ3v) is 5.54. The Bertz CT molecular complexity index is 818. The summed E-state index contributed by atoms with van der Waals surface area (Å²) >= 11 is 0. The van der Waals surface area contributed by atoms with Gasteiger partial charge in [-0.1, -0.05) is 0 Å². The van der Waals surface area contributed by atoms with Gasteiger partial charge in [0.05, 0.1) is 13.7 Å². The monoisotopic (exact) mass is 421 g/mol. The number of hydrogen-bond donors (Lipinski definition) is 1. The van der Waals surface area contributed by atoms with Gasteiger partial charge in [0.15, 0.2) is 6.10 Å². The number of likely N-dealkylation sites (tertiary alicyclic amines) is 1. The molecular formula is C20H28ClN5O3. The van der Waals surface area contributed by atoms with Gasteiger partial charge in [0, 0.05) is 32.1 Å². The van der Waals surface area contributed by atoms with Crippen LogP contribution in [0, 0.1) is 0 Å². The minimum Gasteiger partial charge on any atom is -0.497 e. The van der Waals surface area contributed by atoms with Crippen molar-refractivity contribution in [2.45, 2.75) is 44.9 Å². The third-order valence-electron chi connectivity index (χ3n) is 5.54. The lowest BCUT2D eigenvalue weighted by Gasteiger charge is -2.33. The normalized spacial score (nSPS) is 17.8. The fourth-order valence-corrected chi connectivity index (χ4v) is 3.94. The second-order valence-corrected chi connectivity index (χ2v) is 7.34. The molecule has 1 saturated heterocycles. The van der Waals surface area contributed by atoms with Crippen LogP contribution in [0.2, 0.25) is 0 Å². The molecule has 158 valence electrons. The molecule has 2 aliphatic rings. The van der Waals surface area contributed by atoms with E-state index in [1.54, 1.807) is 14.0 Å². The number of methoxy groups -OCH3 is 1. The number of piperidine rings is 1. The van der Waals surface area contributed by atoms with E-state index in [1.807, 2.05) is 29.2 Å². The maximum atomic E-state index is 12.8. The molecule has 2 aliphatic heterocycles. The van der Waals surface area contributed by atoms with Gasteiger partial charge in [0.25, 0.3) is 5.91 Å². The number of benzene rings is 1. The van der Waals surface area contributed by atoms with Gasteiger partial charge in [-0.2, -0.15) is 0 Å². The van der Waals surface area contributed by atoms with Crippen molar-refractivity contribution >= 4 is 18.3 Å². The van der Waals surface area contributed by atoms with E-state index in [1.165, 1.54) is 0 Å². The van der Waals surface area contributed by atoms with Gasteiger partial charge < -0.3 is 24.3 Å². The summed E-state index contributed by atoms with van der Waals surface area (Å²) in [7, 11) is 1.62. The van der Waals surface area contributed by atoms with E-state index in [0.29, 0.717) is 11.7 Å². The van der Waals surface area contributed by atoms with Crippen LogP contribution in [0.25, 0.3) is 0 Å². The van der Waals surface area contributed by atoms with Crippen molar-refractivity contribution in [1.82, 2.24) is 25.0 Å². The lowest BCUT2D eigenvalue weighted by Crippen LogP contribution is -2.44. The zero-order valence-electron chi connectivity index (χ0n) is 16.8. The number of ether oxygens (including phenoxy) is 2. The smallest absolute Gasteiger partial charge is 0.263 e. The van der Waals surface area contributed by atoms with Crippen molar-refractivity contribution in [3.63, 3.8) is 0 Å². The zero-order valence-corrected chi connectivity index (χ0v) is 17.7. The van der Waals surface area contributed by atoms with E-state index >= 15 is 0 Å². The average Bonchev–Trinajstić information content (AvgIpc) is 3.18. The van der Waals surface area contributed by atoms with Gasteiger partial charge in [0.1, 0.15) is 23.1 Å². The number of carbonyl (C=O) groups is 1. The number of hydrogen-bond acceptors (Lipinski definition) is 6. The Kier molecular flexibility index (Phi) is 6.97. The molecule has 0 aliphatic carbocycles. The summed E-state index contributed by atoms with van der Waals surface area (Å²) < 4.78 is 13.2. The fraction of sp³-hybridized carbons (Fsp3) is 0.550. The molecule has 1 atom stereocenters. The van der Waals surface area contributed by atoms with Crippen LogP contribution >= 0.6 is 12.4 Å². The summed E-state index contributed by atoms with van der Waals surface area (Å²) in [5, 5.41) is 12.1. The number of nitrogens with zero attached hydrogens (tertiary/aromatic N) is 4. The summed E-state index contributed by atoms with van der Waals surface area (Å²) in [6.45, 7) is 5.91. The standard InChI is InChI=1S/C20H27N5O3.ClH/c1-14(28-17-5-3-16(27-2)4-6-17)20(26)24-10-7-15(8-11-24)19-23-22-18-13-21-9-12-25(18)19;/h3-6,14-15,21H,7-13H2,1-2H3;1H. The van der Waals surface area contributed by atoms with Gasteiger partial charge in [-0.25, -0.2) is 0 Å². The predicted molar refractivity (Wildman–Crippen MR) is 111 cm³/mol. The van der Waals surface area contributed by atoms with Gasteiger partial charge in [-0.15, -0.1) is 22.6 Å². The molecule has 2 aromatic rings. The molecule has 1 fully saturated rings. The van der Waals surface area contributed by atoms with Crippen molar-refractivity contribution < 1.29 is 14.3 Å². The molecule has 0 spiro atoms. The Morgan fingerprint density at radius 1 is 1.14 bits per heavy atom. The first-order valence-corrected chi connectivity index (χ1v) is 9.88. The highest BCUT2D eigenvalue weighted by atomic mass is 35.5. The molecule has 0 radical (unpaired) electrons.